The summed E-state index contributed by atoms with van der Waals surface area (Å²) in [5.74, 6) is 0. The van der Waals surface area contributed by atoms with Crippen LogP contribution in [0, 0.1) is 0 Å². The molecule has 27 heavy (non-hydrogen) atoms. The van der Waals surface area contributed by atoms with E-state index in [1.165, 1.54) is 22.4 Å². The van der Waals surface area contributed by atoms with E-state index in [0.29, 0.717) is 0 Å². The number of hydrogen-bond donors (Lipinski definition) is 0. The van der Waals surface area contributed by atoms with Gasteiger partial charge in [0.25, 0.3) is 0 Å². The van der Waals surface area contributed by atoms with Crippen LogP contribution in [0.15, 0.2) is 102 Å². The third-order valence-electron chi connectivity index (χ3n) is 5.37. The molecule has 0 aliphatic carbocycles. The maximum absolute atomic E-state index is 5.10. The molecule has 1 aliphatic rings. The van der Waals surface area contributed by atoms with Crippen LogP contribution in [0.4, 0.5) is 0 Å². The highest BCUT2D eigenvalue weighted by Gasteiger charge is 2.34. The number of benzene rings is 3. The lowest BCUT2D eigenvalue weighted by Crippen LogP contribution is -2.30. The second kappa shape index (κ2) is 7.75. The van der Waals surface area contributed by atoms with Crippen molar-refractivity contribution < 1.29 is 0 Å². The van der Waals surface area contributed by atoms with E-state index < -0.39 is 0 Å². The lowest BCUT2D eigenvalue weighted by atomic mass is 9.70. The first kappa shape index (κ1) is 17.5. The molecule has 0 saturated carbocycles. The third-order valence-corrected chi connectivity index (χ3v) is 5.37. The Labute approximate surface area is 162 Å². The molecule has 1 heterocycles. The monoisotopic (exact) mass is 351 g/mol. The zero-order valence-electron chi connectivity index (χ0n) is 15.8. The molecule has 0 N–H and O–H groups in total. The molecule has 0 spiro atoms. The van der Waals surface area contributed by atoms with E-state index in [9.17, 15) is 0 Å². The number of hydrogen-bond acceptors (Lipinski definition) is 1. The molecule has 0 aromatic heterocycles. The van der Waals surface area contributed by atoms with Crippen molar-refractivity contribution in [3.05, 3.63) is 114 Å². The van der Waals surface area contributed by atoms with Crippen LogP contribution in [0.25, 0.3) is 5.70 Å². The maximum Gasteiger partial charge on any atom is 0.0674 e. The van der Waals surface area contributed by atoms with Crippen LogP contribution in [0.5, 0.6) is 0 Å². The molecule has 0 bridgehead atoms. The highest BCUT2D eigenvalue weighted by atomic mass is 14.8. The Hall–Kier alpha value is -2.93. The summed E-state index contributed by atoms with van der Waals surface area (Å²) in [7, 11) is 0. The van der Waals surface area contributed by atoms with Gasteiger partial charge in [-0.05, 0) is 29.2 Å². The number of nitrogens with zero attached hydrogens (tertiary/aromatic N) is 1. The predicted octanol–water partition coefficient (Wildman–Crippen LogP) is 6.66. The van der Waals surface area contributed by atoms with Crippen LogP contribution < -0.4 is 0 Å². The van der Waals surface area contributed by atoms with Crippen molar-refractivity contribution in [2.24, 2.45) is 4.99 Å². The molecule has 1 atom stereocenters. The number of allylic oxidation sites excluding steroid dienone is 1. The Morgan fingerprint density at radius 3 is 1.89 bits per heavy atom. The van der Waals surface area contributed by atoms with Crippen molar-refractivity contribution in [3.63, 3.8) is 0 Å². The average Bonchev–Trinajstić information content (AvgIpc) is 2.76. The molecule has 1 unspecified atom stereocenters. The second-order valence-electron chi connectivity index (χ2n) is 7.27. The van der Waals surface area contributed by atoms with E-state index in [4.69, 9.17) is 4.99 Å². The van der Waals surface area contributed by atoms with E-state index in [2.05, 4.69) is 104 Å². The first-order valence-electron chi connectivity index (χ1n) is 9.77. The van der Waals surface area contributed by atoms with Gasteiger partial charge in [0.2, 0.25) is 0 Å². The van der Waals surface area contributed by atoms with Crippen LogP contribution in [-0.4, -0.2) is 5.71 Å². The molecule has 3 aromatic rings. The van der Waals surface area contributed by atoms with Gasteiger partial charge in [0.1, 0.15) is 0 Å². The van der Waals surface area contributed by atoms with Gasteiger partial charge in [0.05, 0.1) is 5.70 Å². The molecule has 0 radical (unpaired) electrons. The van der Waals surface area contributed by atoms with Crippen LogP contribution in [-0.2, 0) is 5.41 Å². The molecule has 0 amide bonds. The van der Waals surface area contributed by atoms with Crippen LogP contribution >= 0.6 is 0 Å². The van der Waals surface area contributed by atoms with E-state index in [1.54, 1.807) is 0 Å². The average molecular weight is 351 g/mol. The van der Waals surface area contributed by atoms with Gasteiger partial charge < -0.3 is 0 Å². The van der Waals surface area contributed by atoms with Gasteiger partial charge in [-0.15, -0.1) is 0 Å². The zero-order chi connectivity index (χ0) is 18.5. The van der Waals surface area contributed by atoms with Crippen molar-refractivity contribution in [2.75, 3.05) is 0 Å². The molecule has 1 nitrogen and oxygen atoms in total. The maximum atomic E-state index is 5.10. The Bertz CT molecular complexity index is 939. The summed E-state index contributed by atoms with van der Waals surface area (Å²) >= 11 is 0. The standard InChI is InChI=1S/C26H25N/c1-2-18-26(23-16-10-5-11-17-23)19-24(21-12-6-3-7-13-21)27-25(20-26)22-14-8-4-9-15-22/h3-17,19H,2,18,20H2,1H3. The van der Waals surface area contributed by atoms with Gasteiger partial charge in [0.15, 0.2) is 0 Å². The summed E-state index contributed by atoms with van der Waals surface area (Å²) < 4.78 is 0. The van der Waals surface area contributed by atoms with Gasteiger partial charge in [0, 0.05) is 17.5 Å². The van der Waals surface area contributed by atoms with Gasteiger partial charge >= 0.3 is 0 Å². The van der Waals surface area contributed by atoms with Crippen molar-refractivity contribution in [1.82, 2.24) is 0 Å². The van der Waals surface area contributed by atoms with E-state index in [0.717, 1.165) is 25.0 Å². The predicted molar refractivity (Wildman–Crippen MR) is 115 cm³/mol. The molecule has 0 fully saturated rings. The lowest BCUT2D eigenvalue weighted by Gasteiger charge is -2.35. The second-order valence-corrected chi connectivity index (χ2v) is 7.27. The highest BCUT2D eigenvalue weighted by molar-refractivity contribution is 6.05. The summed E-state index contributed by atoms with van der Waals surface area (Å²) in [5, 5.41) is 0. The Kier molecular flexibility index (Phi) is 5.02. The van der Waals surface area contributed by atoms with E-state index >= 15 is 0 Å². The fourth-order valence-electron chi connectivity index (χ4n) is 4.09. The van der Waals surface area contributed by atoms with E-state index in [-0.39, 0.29) is 5.41 Å². The summed E-state index contributed by atoms with van der Waals surface area (Å²) in [6.45, 7) is 2.27. The SMILES string of the molecule is CCCC1(c2ccccc2)C=C(c2ccccc2)N=C(c2ccccc2)C1. The summed E-state index contributed by atoms with van der Waals surface area (Å²) in [5.41, 5.74) is 6.02. The largest absolute Gasteiger partial charge is 0.252 e. The molecule has 4 rings (SSSR count). The molecule has 1 heteroatoms. The highest BCUT2D eigenvalue weighted by Crippen LogP contribution is 2.42. The first-order chi connectivity index (χ1) is 13.3. The molecular weight excluding hydrogens is 326 g/mol. The van der Waals surface area contributed by atoms with Crippen molar-refractivity contribution in [2.45, 2.75) is 31.6 Å². The van der Waals surface area contributed by atoms with Crippen molar-refractivity contribution in [1.29, 1.82) is 0 Å². The Morgan fingerprint density at radius 2 is 1.30 bits per heavy atom. The topological polar surface area (TPSA) is 12.4 Å². The van der Waals surface area contributed by atoms with Gasteiger partial charge in [-0.3, -0.25) is 4.99 Å². The van der Waals surface area contributed by atoms with Gasteiger partial charge in [-0.1, -0.05) is 104 Å². The zero-order valence-corrected chi connectivity index (χ0v) is 15.8. The lowest BCUT2D eigenvalue weighted by molar-refractivity contribution is 0.498. The minimum absolute atomic E-state index is 0.0197. The summed E-state index contributed by atoms with van der Waals surface area (Å²) in [6, 6.07) is 32.1. The van der Waals surface area contributed by atoms with Crippen molar-refractivity contribution in [3.8, 4) is 0 Å². The third kappa shape index (κ3) is 3.64. The molecule has 1 aliphatic heterocycles. The summed E-state index contributed by atoms with van der Waals surface area (Å²) in [6.07, 6.45) is 5.59. The van der Waals surface area contributed by atoms with Crippen LogP contribution in [0.3, 0.4) is 0 Å². The fourth-order valence-corrected chi connectivity index (χ4v) is 4.09. The molecular formula is C26H25N. The number of rotatable bonds is 5. The molecule has 3 aromatic carbocycles. The minimum atomic E-state index is -0.0197. The summed E-state index contributed by atoms with van der Waals surface area (Å²) in [4.78, 5) is 5.10. The van der Waals surface area contributed by atoms with Gasteiger partial charge in [-0.2, -0.15) is 0 Å². The van der Waals surface area contributed by atoms with E-state index in [1.807, 2.05) is 0 Å². The smallest absolute Gasteiger partial charge is 0.0674 e. The van der Waals surface area contributed by atoms with Crippen LogP contribution in [0.2, 0.25) is 0 Å². The Morgan fingerprint density at radius 1 is 0.741 bits per heavy atom. The van der Waals surface area contributed by atoms with Gasteiger partial charge in [-0.25, -0.2) is 0 Å². The molecule has 134 valence electrons. The van der Waals surface area contributed by atoms with Crippen molar-refractivity contribution >= 4 is 11.4 Å². The molecule has 0 saturated heterocycles. The Balaban J connectivity index is 1.89. The fraction of sp³-hybridized carbons (Fsp3) is 0.192. The first-order valence-corrected chi connectivity index (χ1v) is 9.77. The quantitative estimate of drug-likeness (QED) is 0.487. The normalized spacial score (nSPS) is 19.3. The number of aliphatic imine (C=N–C) groups is 1. The van der Waals surface area contributed by atoms with Crippen LogP contribution in [0.1, 0.15) is 42.9 Å². The minimum Gasteiger partial charge on any atom is -0.252 e.